The van der Waals surface area contributed by atoms with E-state index in [9.17, 15) is 0 Å². The van der Waals surface area contributed by atoms with E-state index in [0.29, 0.717) is 0 Å². The molecule has 2 nitrogen and oxygen atoms in total. The van der Waals surface area contributed by atoms with Crippen LogP contribution in [0.5, 0.6) is 5.75 Å². The summed E-state index contributed by atoms with van der Waals surface area (Å²) in [6.07, 6.45) is 6.04. The quantitative estimate of drug-likeness (QED) is 0.570. The minimum atomic E-state index is 0.735. The van der Waals surface area contributed by atoms with E-state index in [1.807, 2.05) is 30.3 Å². The van der Waals surface area contributed by atoms with E-state index in [2.05, 4.69) is 6.92 Å². The summed E-state index contributed by atoms with van der Waals surface area (Å²) in [5.41, 5.74) is 0. The molecule has 0 saturated heterocycles. The summed E-state index contributed by atoms with van der Waals surface area (Å²) in [6.45, 7) is 4.66. The third kappa shape index (κ3) is 7.81. The van der Waals surface area contributed by atoms with Crippen LogP contribution in [0.2, 0.25) is 0 Å². The van der Waals surface area contributed by atoms with Gasteiger partial charge in [-0.1, -0.05) is 44.4 Å². The van der Waals surface area contributed by atoms with Crippen molar-refractivity contribution in [3.8, 4) is 5.75 Å². The Hall–Kier alpha value is -1.02. The van der Waals surface area contributed by atoms with Gasteiger partial charge in [-0.2, -0.15) is 0 Å². The van der Waals surface area contributed by atoms with Gasteiger partial charge in [0.25, 0.3) is 0 Å². The lowest BCUT2D eigenvalue weighted by Crippen LogP contribution is -2.03. The summed E-state index contributed by atoms with van der Waals surface area (Å²) in [5.74, 6) is 0.940. The van der Waals surface area contributed by atoms with Crippen molar-refractivity contribution in [3.05, 3.63) is 30.3 Å². The second-order valence-electron chi connectivity index (χ2n) is 4.19. The number of ether oxygens (including phenoxy) is 2. The summed E-state index contributed by atoms with van der Waals surface area (Å²) in [7, 11) is 0. The Morgan fingerprint density at radius 3 is 2.35 bits per heavy atom. The fourth-order valence-corrected chi connectivity index (χ4v) is 1.60. The summed E-state index contributed by atoms with van der Waals surface area (Å²) in [4.78, 5) is 0. The summed E-state index contributed by atoms with van der Waals surface area (Å²) in [5, 5.41) is 0. The molecule has 1 aromatic rings. The van der Waals surface area contributed by atoms with Crippen LogP contribution in [0, 0.1) is 0 Å². The van der Waals surface area contributed by atoms with Crippen molar-refractivity contribution in [3.63, 3.8) is 0 Å². The summed E-state index contributed by atoms with van der Waals surface area (Å²) >= 11 is 0. The monoisotopic (exact) mass is 236 g/mol. The molecule has 0 aliphatic carbocycles. The molecule has 0 saturated carbocycles. The average Bonchev–Trinajstić information content (AvgIpc) is 2.38. The third-order valence-corrected chi connectivity index (χ3v) is 2.59. The van der Waals surface area contributed by atoms with Crippen LogP contribution in [0.25, 0.3) is 0 Å². The standard InChI is InChI=1S/C15H24O2/c1-2-3-4-8-12-16-13-9-14-17-15-10-6-5-7-11-15/h5-7,10-11H,2-4,8-9,12-14H2,1H3. The molecule has 96 valence electrons. The van der Waals surface area contributed by atoms with E-state index in [4.69, 9.17) is 9.47 Å². The van der Waals surface area contributed by atoms with E-state index in [0.717, 1.165) is 32.0 Å². The van der Waals surface area contributed by atoms with Gasteiger partial charge in [0.1, 0.15) is 5.75 Å². The minimum absolute atomic E-state index is 0.735. The van der Waals surface area contributed by atoms with Gasteiger partial charge < -0.3 is 9.47 Å². The third-order valence-electron chi connectivity index (χ3n) is 2.59. The van der Waals surface area contributed by atoms with Gasteiger partial charge in [-0.25, -0.2) is 0 Å². The predicted octanol–water partition coefficient (Wildman–Crippen LogP) is 4.05. The Balaban J connectivity index is 1.85. The van der Waals surface area contributed by atoms with Crippen LogP contribution in [0.1, 0.15) is 39.0 Å². The van der Waals surface area contributed by atoms with Crippen molar-refractivity contribution in [2.75, 3.05) is 19.8 Å². The van der Waals surface area contributed by atoms with Crippen LogP contribution in [-0.2, 0) is 4.74 Å². The Labute approximate surface area is 105 Å². The molecule has 0 bridgehead atoms. The van der Waals surface area contributed by atoms with Gasteiger partial charge in [0.05, 0.1) is 6.61 Å². The van der Waals surface area contributed by atoms with E-state index in [1.165, 1.54) is 25.7 Å². The van der Waals surface area contributed by atoms with E-state index >= 15 is 0 Å². The van der Waals surface area contributed by atoms with Gasteiger partial charge in [-0.15, -0.1) is 0 Å². The zero-order valence-corrected chi connectivity index (χ0v) is 10.9. The van der Waals surface area contributed by atoms with Gasteiger partial charge in [0.2, 0.25) is 0 Å². The molecule has 2 heteroatoms. The smallest absolute Gasteiger partial charge is 0.119 e. The maximum absolute atomic E-state index is 5.57. The molecule has 0 unspecified atom stereocenters. The summed E-state index contributed by atoms with van der Waals surface area (Å²) < 4.78 is 11.1. The number of unbranched alkanes of at least 4 members (excludes halogenated alkanes) is 3. The Morgan fingerprint density at radius 2 is 1.59 bits per heavy atom. The first kappa shape index (κ1) is 14.0. The van der Waals surface area contributed by atoms with Crippen molar-refractivity contribution >= 4 is 0 Å². The van der Waals surface area contributed by atoms with Crippen LogP contribution in [0.15, 0.2) is 30.3 Å². The van der Waals surface area contributed by atoms with Crippen LogP contribution < -0.4 is 4.74 Å². The molecule has 1 rings (SSSR count). The number of para-hydroxylation sites is 1. The number of benzene rings is 1. The fraction of sp³-hybridized carbons (Fsp3) is 0.600. The number of rotatable bonds is 10. The van der Waals surface area contributed by atoms with Gasteiger partial charge in [0, 0.05) is 19.6 Å². The molecule has 0 atom stereocenters. The molecule has 0 amide bonds. The van der Waals surface area contributed by atoms with Crippen molar-refractivity contribution in [2.45, 2.75) is 39.0 Å². The molecule has 0 spiro atoms. The van der Waals surface area contributed by atoms with Gasteiger partial charge in [-0.3, -0.25) is 0 Å². The van der Waals surface area contributed by atoms with Crippen LogP contribution >= 0.6 is 0 Å². The van der Waals surface area contributed by atoms with Crippen molar-refractivity contribution in [1.29, 1.82) is 0 Å². The lowest BCUT2D eigenvalue weighted by atomic mass is 10.2. The first-order valence-electron chi connectivity index (χ1n) is 6.69. The van der Waals surface area contributed by atoms with E-state index in [-0.39, 0.29) is 0 Å². The van der Waals surface area contributed by atoms with Gasteiger partial charge in [0.15, 0.2) is 0 Å². The Kier molecular flexibility index (Phi) is 8.39. The number of hydrogen-bond donors (Lipinski definition) is 0. The molecule has 17 heavy (non-hydrogen) atoms. The minimum Gasteiger partial charge on any atom is -0.494 e. The molecule has 0 fully saturated rings. The molecular weight excluding hydrogens is 212 g/mol. The lowest BCUT2D eigenvalue weighted by molar-refractivity contribution is 0.116. The zero-order valence-electron chi connectivity index (χ0n) is 10.9. The summed E-state index contributed by atoms with van der Waals surface area (Å²) in [6, 6.07) is 9.92. The highest BCUT2D eigenvalue weighted by molar-refractivity contribution is 5.20. The zero-order chi connectivity index (χ0) is 12.2. The van der Waals surface area contributed by atoms with Gasteiger partial charge in [-0.05, 0) is 18.6 Å². The Bertz CT molecular complexity index is 259. The van der Waals surface area contributed by atoms with Crippen molar-refractivity contribution < 1.29 is 9.47 Å². The molecule has 0 aromatic heterocycles. The average molecular weight is 236 g/mol. The molecule has 0 heterocycles. The molecule has 1 aromatic carbocycles. The van der Waals surface area contributed by atoms with E-state index in [1.54, 1.807) is 0 Å². The molecule has 0 aliphatic heterocycles. The number of hydrogen-bond acceptors (Lipinski definition) is 2. The largest absolute Gasteiger partial charge is 0.494 e. The highest BCUT2D eigenvalue weighted by atomic mass is 16.5. The highest BCUT2D eigenvalue weighted by Gasteiger charge is 1.93. The molecular formula is C15H24O2. The first-order valence-corrected chi connectivity index (χ1v) is 6.69. The first-order chi connectivity index (χ1) is 8.43. The Morgan fingerprint density at radius 1 is 0.824 bits per heavy atom. The van der Waals surface area contributed by atoms with Crippen molar-refractivity contribution in [1.82, 2.24) is 0 Å². The highest BCUT2D eigenvalue weighted by Crippen LogP contribution is 2.08. The maximum Gasteiger partial charge on any atom is 0.119 e. The SMILES string of the molecule is CCCCCCOCCCOc1ccccc1. The normalized spacial score (nSPS) is 10.4. The topological polar surface area (TPSA) is 18.5 Å². The van der Waals surface area contributed by atoms with Crippen LogP contribution in [-0.4, -0.2) is 19.8 Å². The predicted molar refractivity (Wildman–Crippen MR) is 71.5 cm³/mol. The van der Waals surface area contributed by atoms with Crippen LogP contribution in [0.4, 0.5) is 0 Å². The molecule has 0 aliphatic rings. The fourth-order valence-electron chi connectivity index (χ4n) is 1.60. The van der Waals surface area contributed by atoms with Crippen LogP contribution in [0.3, 0.4) is 0 Å². The van der Waals surface area contributed by atoms with Gasteiger partial charge >= 0.3 is 0 Å². The van der Waals surface area contributed by atoms with E-state index < -0.39 is 0 Å². The lowest BCUT2D eigenvalue weighted by Gasteiger charge is -2.06. The second-order valence-corrected chi connectivity index (χ2v) is 4.19. The second kappa shape index (κ2) is 10.2. The maximum atomic E-state index is 5.57. The van der Waals surface area contributed by atoms with Crippen molar-refractivity contribution in [2.24, 2.45) is 0 Å². The molecule has 0 N–H and O–H groups in total. The molecule has 0 radical (unpaired) electrons.